The molecule has 0 fully saturated rings. The van der Waals surface area contributed by atoms with Gasteiger partial charge in [-0.1, -0.05) is 352 Å². The summed E-state index contributed by atoms with van der Waals surface area (Å²) in [5, 5.41) is 58.4. The number of rotatable bonds is 62. The molecule has 21 nitrogen and oxygen atoms in total. The van der Waals surface area contributed by atoms with Gasteiger partial charge in [-0.2, -0.15) is 0 Å². The van der Waals surface area contributed by atoms with Gasteiger partial charge in [-0.25, -0.2) is 14.0 Å². The summed E-state index contributed by atoms with van der Waals surface area (Å²) in [5.41, 5.74) is 8.53. The van der Waals surface area contributed by atoms with Gasteiger partial charge in [-0.3, -0.25) is 18.7 Å². The Morgan fingerprint density at radius 2 is 0.416 bits per heavy atom. The molecule has 7 heterocycles. The van der Waals surface area contributed by atoms with E-state index in [1.165, 1.54) is 235 Å². The molecular formula is C104H201N21. The van der Waals surface area contributed by atoms with Crippen molar-refractivity contribution in [2.45, 2.75) is 503 Å². The summed E-state index contributed by atoms with van der Waals surface area (Å²) in [7, 11) is 0. The van der Waals surface area contributed by atoms with Crippen LogP contribution < -0.4 is 0 Å². The molecule has 21 heteroatoms. The van der Waals surface area contributed by atoms with Crippen LogP contribution in [0.15, 0.2) is 43.4 Å². The van der Waals surface area contributed by atoms with E-state index in [9.17, 15) is 0 Å². The highest BCUT2D eigenvalue weighted by Crippen LogP contribution is 2.20. The Balaban J connectivity index is 0.000000730. The fraction of sp³-hybridized carbons (Fsp3) is 0.865. The molecular weight excluding hydrogens is 1540 g/mol. The molecule has 125 heavy (non-hydrogen) atoms. The largest absolute Gasteiger partial charge is 0.252 e. The first kappa shape index (κ1) is 117. The molecule has 0 amide bonds. The maximum absolute atomic E-state index is 4.22. The van der Waals surface area contributed by atoms with Gasteiger partial charge >= 0.3 is 0 Å². The molecule has 0 spiro atoms. The zero-order valence-electron chi connectivity index (χ0n) is 87.0. The topological polar surface area (TPSA) is 215 Å². The average Bonchev–Trinajstić information content (AvgIpc) is 1.74. The molecule has 0 aliphatic carbocycles. The number of nitrogens with zero attached hydrogens (tertiary/aromatic N) is 21. The van der Waals surface area contributed by atoms with Crippen molar-refractivity contribution in [1.82, 2.24) is 105 Å². The van der Waals surface area contributed by atoms with Crippen LogP contribution in [0.3, 0.4) is 0 Å². The van der Waals surface area contributed by atoms with Crippen molar-refractivity contribution in [3.63, 3.8) is 0 Å². The molecule has 0 saturated heterocycles. The highest BCUT2D eigenvalue weighted by atomic mass is 15.5. The van der Waals surface area contributed by atoms with E-state index in [0.29, 0.717) is 5.92 Å². The molecule has 0 bridgehead atoms. The van der Waals surface area contributed by atoms with Gasteiger partial charge in [0.15, 0.2) is 0 Å². The fourth-order valence-corrected chi connectivity index (χ4v) is 14.5. The third-order valence-corrected chi connectivity index (χ3v) is 22.5. The first-order chi connectivity index (χ1) is 59.6. The predicted molar refractivity (Wildman–Crippen MR) is 531 cm³/mol. The molecule has 0 radical (unpaired) electrons. The fourth-order valence-electron chi connectivity index (χ4n) is 14.5. The van der Waals surface area contributed by atoms with E-state index < -0.39 is 0 Å². The summed E-state index contributed by atoms with van der Waals surface area (Å²) >= 11 is 0. The second-order valence-electron chi connectivity index (χ2n) is 42.6. The molecule has 7 rings (SSSR count). The van der Waals surface area contributed by atoms with Crippen LogP contribution in [-0.2, 0) is 90.8 Å². The molecule has 0 saturated carbocycles. The number of hydrogen-bond donors (Lipinski definition) is 0. The van der Waals surface area contributed by atoms with Gasteiger partial charge in [0.05, 0.1) is 58.4 Å². The Kier molecular flexibility index (Phi) is 69.9. The van der Waals surface area contributed by atoms with Crippen molar-refractivity contribution in [3.05, 3.63) is 83.2 Å². The lowest BCUT2D eigenvalue weighted by Gasteiger charge is -2.08. The van der Waals surface area contributed by atoms with Crippen molar-refractivity contribution in [2.24, 2.45) is 82.9 Å². The molecule has 7 aromatic rings. The number of hydrogen-bond acceptors (Lipinski definition) is 14. The zero-order valence-corrected chi connectivity index (χ0v) is 87.0. The van der Waals surface area contributed by atoms with E-state index in [4.69, 9.17) is 0 Å². The van der Waals surface area contributed by atoms with Crippen LogP contribution in [0.4, 0.5) is 0 Å². The van der Waals surface area contributed by atoms with Crippen LogP contribution in [0, 0.1) is 82.9 Å². The minimum absolute atomic E-state index is 0.635. The number of aromatic nitrogens is 21. The van der Waals surface area contributed by atoms with Gasteiger partial charge in [0, 0.05) is 70.6 Å². The van der Waals surface area contributed by atoms with Crippen LogP contribution in [-0.4, -0.2) is 105 Å². The molecule has 0 aliphatic rings. The molecule has 722 valence electrons. The lowest BCUT2D eigenvalue weighted by Crippen LogP contribution is -2.06. The van der Waals surface area contributed by atoms with E-state index in [1.807, 2.05) is 37.3 Å². The van der Waals surface area contributed by atoms with Crippen LogP contribution in [0.25, 0.3) is 0 Å². The lowest BCUT2D eigenvalue weighted by atomic mass is 10.0. The van der Waals surface area contributed by atoms with Crippen LogP contribution in [0.2, 0.25) is 0 Å². The first-order valence-corrected chi connectivity index (χ1v) is 51.8. The summed E-state index contributed by atoms with van der Waals surface area (Å²) < 4.78 is 14.3. The van der Waals surface area contributed by atoms with E-state index in [2.05, 4.69) is 305 Å². The van der Waals surface area contributed by atoms with E-state index in [1.54, 1.807) is 0 Å². The molecule has 0 N–H and O–H groups in total. The highest BCUT2D eigenvalue weighted by Gasteiger charge is 2.13. The molecule has 0 aromatic carbocycles. The molecule has 0 aliphatic heterocycles. The Bertz CT molecular complexity index is 3230. The van der Waals surface area contributed by atoms with Gasteiger partial charge in [0.25, 0.3) is 0 Å². The first-order valence-electron chi connectivity index (χ1n) is 51.8. The summed E-state index contributed by atoms with van der Waals surface area (Å²) in [6.45, 7) is 70.7. The van der Waals surface area contributed by atoms with Crippen LogP contribution in [0.1, 0.15) is 452 Å². The standard InChI is InChI=1S/3C16H31N3.4C14H27N3/c2*1-14(2)9-5-6-11-16-13-17-18-19(16)12-8-7-10-15(3)4;1-14(2)9-6-5-7-11-16-13-17-18-19(16)12-8-10-15(3)4;1-12(2)7-5-9-14-11-17(16-15-14)10-6-8-13(3)4;1-12(2)7-5-6-10-17-11-14(15-16-17)9-8-13(3)4;1-12(2)7-5-6-8-14-11-17(16-15-14)10-9-13(3)4;1-12(2)8-6-5-7-9-14-11-17(16-15-14)10-13(3)4/h3*13-15H,5-12H2,1-4H3;4*11-13H,5-10H2,1-4H3. The number of unbranched alkanes of at least 4 members (excludes halogenated alkanes) is 10. The van der Waals surface area contributed by atoms with Crippen molar-refractivity contribution < 1.29 is 0 Å². The monoisotopic (exact) mass is 1740 g/mol. The van der Waals surface area contributed by atoms with E-state index >= 15 is 0 Å². The summed E-state index contributed by atoms with van der Waals surface area (Å²) in [4.78, 5) is 0. The Hall–Kier alpha value is -6.02. The van der Waals surface area contributed by atoms with Gasteiger partial charge < -0.3 is 0 Å². The van der Waals surface area contributed by atoms with Gasteiger partial charge in [-0.15, -0.1) is 35.7 Å². The van der Waals surface area contributed by atoms with Crippen molar-refractivity contribution in [2.75, 3.05) is 0 Å². The second-order valence-corrected chi connectivity index (χ2v) is 42.6. The number of aryl methyl sites for hydroxylation is 13. The average molecular weight is 1750 g/mol. The van der Waals surface area contributed by atoms with Gasteiger partial charge in [-0.05, 0) is 224 Å². The SMILES string of the molecule is CC(C)CCCCCc1cn(CC(C)C)nn1.CC(C)CCCCCc1cnnn1CCCC(C)C.CC(C)CCCCc1cn(CCC(C)C)nn1.CC(C)CCCCc1cnnn1CCCCC(C)C.CC(C)CCCCc1cnnn1CCCCC(C)C.CC(C)CCCCn1cc(CCC(C)C)nn1.CC(C)CCCc1cn(CCCC(C)C)nn1. The Morgan fingerprint density at radius 1 is 0.184 bits per heavy atom. The molecule has 0 unspecified atom stereocenters. The third kappa shape index (κ3) is 70.6. The summed E-state index contributed by atoms with van der Waals surface area (Å²) in [6.07, 6.45) is 65.5. The van der Waals surface area contributed by atoms with Crippen LogP contribution >= 0.6 is 0 Å². The van der Waals surface area contributed by atoms with Gasteiger partial charge in [0.1, 0.15) is 0 Å². The van der Waals surface area contributed by atoms with Gasteiger partial charge in [0.2, 0.25) is 0 Å². The quantitative estimate of drug-likeness (QED) is 0.0324. The highest BCUT2D eigenvalue weighted by molar-refractivity contribution is 4.98. The van der Waals surface area contributed by atoms with E-state index in [0.717, 1.165) is 190 Å². The minimum atomic E-state index is 0.635. The summed E-state index contributed by atoms with van der Waals surface area (Å²) in [6, 6.07) is 0. The molecule has 7 aromatic heterocycles. The maximum atomic E-state index is 4.22. The Morgan fingerprint density at radius 3 is 0.760 bits per heavy atom. The maximum Gasteiger partial charge on any atom is 0.0827 e. The zero-order chi connectivity index (χ0) is 93.0. The lowest BCUT2D eigenvalue weighted by molar-refractivity contribution is 0.468. The normalized spacial score (nSPS) is 11.7. The second kappa shape index (κ2) is 74.7. The Labute approximate surface area is 769 Å². The summed E-state index contributed by atoms with van der Waals surface area (Å²) in [5.74, 6) is 11.0. The van der Waals surface area contributed by atoms with E-state index in [-0.39, 0.29) is 0 Å². The predicted octanol–water partition coefficient (Wildman–Crippen LogP) is 28.2. The minimum Gasteiger partial charge on any atom is -0.252 e. The smallest absolute Gasteiger partial charge is 0.0827 e. The van der Waals surface area contributed by atoms with Crippen molar-refractivity contribution >= 4 is 0 Å². The third-order valence-electron chi connectivity index (χ3n) is 22.5. The molecule has 0 atom stereocenters. The van der Waals surface area contributed by atoms with Crippen molar-refractivity contribution in [1.29, 1.82) is 0 Å². The van der Waals surface area contributed by atoms with Crippen LogP contribution in [0.5, 0.6) is 0 Å². The van der Waals surface area contributed by atoms with Crippen molar-refractivity contribution in [3.8, 4) is 0 Å².